The molecule has 1 N–H and O–H groups in total. The Morgan fingerprint density at radius 3 is 2.43 bits per heavy atom. The van der Waals surface area contributed by atoms with Gasteiger partial charge in [0, 0.05) is 12.2 Å². The molecule has 0 bridgehead atoms. The summed E-state index contributed by atoms with van der Waals surface area (Å²) in [7, 11) is 0. The molecule has 7 nitrogen and oxygen atoms in total. The molecule has 2 fully saturated rings. The van der Waals surface area contributed by atoms with Gasteiger partial charge >= 0.3 is 5.97 Å². The van der Waals surface area contributed by atoms with Crippen molar-refractivity contribution in [2.75, 3.05) is 18.5 Å². The summed E-state index contributed by atoms with van der Waals surface area (Å²) in [6.45, 7) is 1.04. The minimum absolute atomic E-state index is 0.0334. The summed E-state index contributed by atoms with van der Waals surface area (Å²) in [5.74, 6) is -2.65. The summed E-state index contributed by atoms with van der Waals surface area (Å²) in [4.78, 5) is 49.5. The van der Waals surface area contributed by atoms with Crippen molar-refractivity contribution in [1.29, 1.82) is 0 Å². The van der Waals surface area contributed by atoms with Crippen LogP contribution in [0, 0.1) is 24.6 Å². The average Bonchev–Trinajstić information content (AvgIpc) is 2.92. The summed E-state index contributed by atoms with van der Waals surface area (Å²) < 4.78 is 18.4. The van der Waals surface area contributed by atoms with Crippen LogP contribution in [0.3, 0.4) is 0 Å². The Kier molecular flexibility index (Phi) is 6.06. The quantitative estimate of drug-likeness (QED) is 0.594. The lowest BCUT2D eigenvalue weighted by Crippen LogP contribution is -2.33. The highest BCUT2D eigenvalue weighted by Gasteiger charge is 2.47. The lowest BCUT2D eigenvalue weighted by atomic mass is 9.81. The number of benzene rings is 1. The fraction of sp³-hybridized carbons (Fsp3) is 0.500. The number of imide groups is 1. The van der Waals surface area contributed by atoms with Crippen LogP contribution in [0.1, 0.15) is 37.7 Å². The van der Waals surface area contributed by atoms with Gasteiger partial charge in [-0.2, -0.15) is 0 Å². The minimum Gasteiger partial charge on any atom is -0.456 e. The van der Waals surface area contributed by atoms with Crippen LogP contribution in [0.15, 0.2) is 18.2 Å². The first-order valence-corrected chi connectivity index (χ1v) is 9.43. The number of amides is 3. The first-order chi connectivity index (χ1) is 13.4. The number of esters is 1. The third-order valence-corrected chi connectivity index (χ3v) is 5.29. The van der Waals surface area contributed by atoms with E-state index < -0.39 is 24.3 Å². The largest absolute Gasteiger partial charge is 0.456 e. The Hall–Kier alpha value is -2.77. The van der Waals surface area contributed by atoms with Gasteiger partial charge in [0.25, 0.3) is 5.91 Å². The number of hydrogen-bond acceptors (Lipinski definition) is 5. The van der Waals surface area contributed by atoms with Crippen molar-refractivity contribution < 1.29 is 28.3 Å². The van der Waals surface area contributed by atoms with E-state index in [9.17, 15) is 23.6 Å². The maximum absolute atomic E-state index is 13.5. The Morgan fingerprint density at radius 2 is 1.82 bits per heavy atom. The molecule has 28 heavy (non-hydrogen) atoms. The number of carbonyl (C=O) groups excluding carboxylic acids is 4. The molecule has 150 valence electrons. The minimum atomic E-state index is -0.680. The van der Waals surface area contributed by atoms with Crippen molar-refractivity contribution in [1.82, 2.24) is 4.90 Å². The van der Waals surface area contributed by atoms with Crippen molar-refractivity contribution in [3.63, 3.8) is 0 Å². The number of halogens is 1. The van der Waals surface area contributed by atoms with Crippen LogP contribution < -0.4 is 5.32 Å². The van der Waals surface area contributed by atoms with E-state index in [1.54, 1.807) is 13.0 Å². The molecule has 2 atom stereocenters. The molecular formula is C20H23FN2O5. The molecule has 8 heteroatoms. The van der Waals surface area contributed by atoms with Gasteiger partial charge in [-0.15, -0.1) is 0 Å². The first kappa shape index (κ1) is 20.0. The molecule has 1 saturated carbocycles. The Balaban J connectivity index is 1.43. The Morgan fingerprint density at radius 1 is 1.18 bits per heavy atom. The molecule has 2 aliphatic rings. The number of likely N-dealkylation sites (tertiary alicyclic amines) is 1. The summed E-state index contributed by atoms with van der Waals surface area (Å²) in [5.41, 5.74) is 0.718. The maximum Gasteiger partial charge on any atom is 0.308 e. The molecule has 1 aromatic carbocycles. The van der Waals surface area contributed by atoms with Crippen molar-refractivity contribution in [3.05, 3.63) is 29.6 Å². The van der Waals surface area contributed by atoms with Crippen molar-refractivity contribution in [2.45, 2.75) is 39.0 Å². The summed E-state index contributed by atoms with van der Waals surface area (Å²) in [5, 5.41) is 2.44. The normalized spacial score (nSPS) is 21.4. The van der Waals surface area contributed by atoms with E-state index in [0.29, 0.717) is 5.56 Å². The molecular weight excluding hydrogens is 367 g/mol. The monoisotopic (exact) mass is 390 g/mol. The number of anilines is 1. The molecule has 0 aromatic heterocycles. The van der Waals surface area contributed by atoms with Crippen LogP contribution in [0.5, 0.6) is 0 Å². The predicted molar refractivity (Wildman–Crippen MR) is 97.5 cm³/mol. The lowest BCUT2D eigenvalue weighted by Gasteiger charge is -2.19. The van der Waals surface area contributed by atoms with Crippen molar-refractivity contribution in [3.8, 4) is 0 Å². The first-order valence-electron chi connectivity index (χ1n) is 9.43. The Bertz CT molecular complexity index is 786. The fourth-order valence-electron chi connectivity index (χ4n) is 3.74. The second-order valence-corrected chi connectivity index (χ2v) is 7.25. The number of fused-ring (bicyclic) bond motifs is 1. The number of nitrogens with zero attached hydrogens (tertiary/aromatic N) is 1. The smallest absolute Gasteiger partial charge is 0.308 e. The van der Waals surface area contributed by atoms with Crippen LogP contribution in [0.4, 0.5) is 10.1 Å². The zero-order valence-electron chi connectivity index (χ0n) is 15.7. The zero-order chi connectivity index (χ0) is 20.3. The van der Waals surface area contributed by atoms with Crippen LogP contribution in [0.2, 0.25) is 0 Å². The average molecular weight is 390 g/mol. The van der Waals surface area contributed by atoms with Gasteiger partial charge in [0.1, 0.15) is 5.82 Å². The van der Waals surface area contributed by atoms with Crippen molar-refractivity contribution >= 4 is 29.4 Å². The van der Waals surface area contributed by atoms with Gasteiger partial charge < -0.3 is 10.1 Å². The third kappa shape index (κ3) is 4.37. The molecule has 0 unspecified atom stereocenters. The van der Waals surface area contributed by atoms with E-state index in [1.807, 2.05) is 0 Å². The third-order valence-electron chi connectivity index (χ3n) is 5.29. The molecule has 1 heterocycles. The van der Waals surface area contributed by atoms with Gasteiger partial charge in [-0.3, -0.25) is 24.1 Å². The number of ether oxygens (including phenoxy) is 1. The summed E-state index contributed by atoms with van der Waals surface area (Å²) in [6, 6.07) is 4.25. The second-order valence-electron chi connectivity index (χ2n) is 7.25. The zero-order valence-corrected chi connectivity index (χ0v) is 15.7. The fourth-order valence-corrected chi connectivity index (χ4v) is 3.74. The van der Waals surface area contributed by atoms with E-state index in [-0.39, 0.29) is 42.3 Å². The second kappa shape index (κ2) is 8.50. The van der Waals surface area contributed by atoms with Gasteiger partial charge in [0.2, 0.25) is 11.8 Å². The lowest BCUT2D eigenvalue weighted by molar-refractivity contribution is -0.148. The van der Waals surface area contributed by atoms with E-state index in [4.69, 9.17) is 4.74 Å². The molecule has 1 aliphatic heterocycles. The molecule has 3 rings (SSSR count). The van der Waals surface area contributed by atoms with Crippen LogP contribution >= 0.6 is 0 Å². The molecule has 3 amide bonds. The number of nitrogens with one attached hydrogen (secondary N) is 1. The van der Waals surface area contributed by atoms with Gasteiger partial charge in [-0.1, -0.05) is 18.9 Å². The van der Waals surface area contributed by atoms with Gasteiger partial charge in [-0.25, -0.2) is 4.39 Å². The van der Waals surface area contributed by atoms with E-state index >= 15 is 0 Å². The highest BCUT2D eigenvalue weighted by molar-refractivity contribution is 6.05. The molecule has 0 radical (unpaired) electrons. The van der Waals surface area contributed by atoms with Crippen LogP contribution in [-0.2, 0) is 23.9 Å². The molecule has 1 aromatic rings. The van der Waals surface area contributed by atoms with Gasteiger partial charge in [0.15, 0.2) is 6.61 Å². The topological polar surface area (TPSA) is 92.8 Å². The molecule has 1 saturated heterocycles. The van der Waals surface area contributed by atoms with E-state index in [1.165, 1.54) is 12.1 Å². The van der Waals surface area contributed by atoms with Gasteiger partial charge in [0.05, 0.1) is 18.3 Å². The number of rotatable bonds is 6. The number of aryl methyl sites for hydroxylation is 1. The van der Waals surface area contributed by atoms with Gasteiger partial charge in [-0.05, 0) is 37.5 Å². The SMILES string of the molecule is Cc1ccc(NC(=O)COC(=O)CCN2C(=O)[C@@H]3CCCC[C@H]3C2=O)cc1F. The van der Waals surface area contributed by atoms with Crippen LogP contribution in [-0.4, -0.2) is 41.7 Å². The van der Waals surface area contributed by atoms with E-state index in [0.717, 1.165) is 30.6 Å². The predicted octanol–water partition coefficient (Wildman–Crippen LogP) is 2.18. The standard InChI is InChI=1S/C20H23FN2O5/c1-12-6-7-13(10-16(12)21)22-17(24)11-28-18(25)8-9-23-19(26)14-4-2-3-5-15(14)20(23)27/h6-7,10,14-15H,2-5,8-9,11H2,1H3,(H,22,24)/t14-,15-/m1/s1. The Labute approximate surface area is 162 Å². The van der Waals surface area contributed by atoms with Crippen LogP contribution in [0.25, 0.3) is 0 Å². The molecule has 1 aliphatic carbocycles. The number of hydrogen-bond donors (Lipinski definition) is 1. The number of carbonyl (C=O) groups is 4. The van der Waals surface area contributed by atoms with Crippen molar-refractivity contribution in [2.24, 2.45) is 11.8 Å². The summed E-state index contributed by atoms with van der Waals surface area (Å²) in [6.07, 6.45) is 3.15. The molecule has 0 spiro atoms. The highest BCUT2D eigenvalue weighted by Crippen LogP contribution is 2.37. The van der Waals surface area contributed by atoms with E-state index in [2.05, 4.69) is 5.32 Å². The maximum atomic E-state index is 13.5. The highest BCUT2D eigenvalue weighted by atomic mass is 19.1. The summed E-state index contributed by atoms with van der Waals surface area (Å²) >= 11 is 0.